The summed E-state index contributed by atoms with van der Waals surface area (Å²) in [5.41, 5.74) is 1.24. The second-order valence-electron chi connectivity index (χ2n) is 8.14. The fourth-order valence-electron chi connectivity index (χ4n) is 3.35. The van der Waals surface area contributed by atoms with E-state index in [2.05, 4.69) is 56.5 Å². The summed E-state index contributed by atoms with van der Waals surface area (Å²) in [4.78, 5) is 18.7. The Morgan fingerprint density at radius 3 is 2.30 bits per heavy atom. The zero-order valence-corrected chi connectivity index (χ0v) is 21.7. The van der Waals surface area contributed by atoms with E-state index >= 15 is 0 Å². The Kier molecular flexibility index (Phi) is 8.65. The van der Waals surface area contributed by atoms with Crippen molar-refractivity contribution in [2.24, 2.45) is 0 Å². The molecule has 0 radical (unpaired) electrons. The topological polar surface area (TPSA) is 112 Å². The first-order valence-corrected chi connectivity index (χ1v) is 13.0. The van der Waals surface area contributed by atoms with Gasteiger partial charge in [0.25, 0.3) is 5.88 Å². The standard InChI is InChI=1S/C27H29N5O4S/c1-18(2)19-10-12-20(13-11-19)37(4)32-24-23(36-22-9-6-5-8-21(22)34-3)27(35-17-16-33)31-26(30-24)25-28-14-7-15-29-25/h5-15,18,33H,4,16-17H2,1-3H3,(H,30,31,32). The van der Waals surface area contributed by atoms with Gasteiger partial charge in [0.15, 0.2) is 23.1 Å². The van der Waals surface area contributed by atoms with E-state index in [1.54, 1.807) is 37.7 Å². The van der Waals surface area contributed by atoms with Gasteiger partial charge in [-0.2, -0.15) is 4.98 Å². The first kappa shape index (κ1) is 26.1. The van der Waals surface area contributed by atoms with Crippen molar-refractivity contribution in [1.82, 2.24) is 19.9 Å². The molecule has 2 aromatic carbocycles. The Bertz CT molecular complexity index is 1350. The minimum Gasteiger partial charge on any atom is -0.493 e. The molecule has 1 atom stereocenters. The maximum atomic E-state index is 9.42. The van der Waals surface area contributed by atoms with Crippen LogP contribution in [0.2, 0.25) is 0 Å². The molecule has 2 aromatic heterocycles. The van der Waals surface area contributed by atoms with Crippen LogP contribution < -0.4 is 18.9 Å². The van der Waals surface area contributed by atoms with Gasteiger partial charge >= 0.3 is 0 Å². The largest absolute Gasteiger partial charge is 0.493 e. The van der Waals surface area contributed by atoms with Crippen molar-refractivity contribution < 1.29 is 19.3 Å². The quantitative estimate of drug-likeness (QED) is 0.254. The molecule has 0 spiro atoms. The lowest BCUT2D eigenvalue weighted by Crippen LogP contribution is -2.09. The molecule has 9 nitrogen and oxygen atoms in total. The Morgan fingerprint density at radius 1 is 0.946 bits per heavy atom. The number of anilines is 1. The third kappa shape index (κ3) is 6.41. The molecule has 2 N–H and O–H groups in total. The first-order valence-electron chi connectivity index (χ1n) is 11.6. The average molecular weight is 520 g/mol. The summed E-state index contributed by atoms with van der Waals surface area (Å²) < 4.78 is 20.9. The molecule has 0 aliphatic rings. The number of aromatic nitrogens is 4. The Hall–Kier alpha value is -4.02. The normalized spacial score (nSPS) is 11.7. The molecule has 0 aliphatic heterocycles. The lowest BCUT2D eigenvalue weighted by Gasteiger charge is -2.19. The third-order valence-corrected chi connectivity index (χ3v) is 6.54. The van der Waals surface area contributed by atoms with E-state index in [4.69, 9.17) is 14.2 Å². The number of hydrogen-bond donors (Lipinski definition) is 2. The molecular formula is C27H29N5O4S. The highest BCUT2D eigenvalue weighted by Gasteiger charge is 2.22. The van der Waals surface area contributed by atoms with Crippen molar-refractivity contribution >= 4 is 22.4 Å². The number of nitrogens with zero attached hydrogens (tertiary/aromatic N) is 4. The molecule has 2 heterocycles. The van der Waals surface area contributed by atoms with Gasteiger partial charge in [-0.3, -0.25) is 0 Å². The maximum Gasteiger partial charge on any atom is 0.263 e. The molecule has 0 saturated carbocycles. The number of hydrogen-bond acceptors (Lipinski definition) is 9. The van der Waals surface area contributed by atoms with Gasteiger partial charge in [0, 0.05) is 17.3 Å². The number of rotatable bonds is 11. The van der Waals surface area contributed by atoms with Crippen LogP contribution in [0.5, 0.6) is 23.1 Å². The molecule has 1 unspecified atom stereocenters. The summed E-state index contributed by atoms with van der Waals surface area (Å²) in [6.45, 7) is 4.10. The van der Waals surface area contributed by atoms with Crippen LogP contribution in [0.4, 0.5) is 5.82 Å². The number of aliphatic hydroxyl groups is 1. The van der Waals surface area contributed by atoms with Crippen LogP contribution in [-0.2, 0) is 0 Å². The van der Waals surface area contributed by atoms with Crippen molar-refractivity contribution in [3.63, 3.8) is 0 Å². The molecular weight excluding hydrogens is 490 g/mol. The number of nitrogens with one attached hydrogen (secondary N) is 1. The van der Waals surface area contributed by atoms with E-state index in [1.807, 2.05) is 24.3 Å². The van der Waals surface area contributed by atoms with Crippen molar-refractivity contribution in [2.75, 3.05) is 25.0 Å². The molecule has 10 heteroatoms. The van der Waals surface area contributed by atoms with Gasteiger partial charge in [-0.15, -0.1) is 0 Å². The van der Waals surface area contributed by atoms with Crippen molar-refractivity contribution in [1.29, 1.82) is 0 Å². The van der Waals surface area contributed by atoms with Crippen LogP contribution in [0.1, 0.15) is 25.3 Å². The lowest BCUT2D eigenvalue weighted by atomic mass is 10.0. The summed E-state index contributed by atoms with van der Waals surface area (Å²) in [6.07, 6.45) is 3.21. The van der Waals surface area contributed by atoms with Crippen molar-refractivity contribution in [2.45, 2.75) is 24.7 Å². The van der Waals surface area contributed by atoms with E-state index < -0.39 is 10.7 Å². The smallest absolute Gasteiger partial charge is 0.263 e. The number of para-hydroxylation sites is 2. The summed E-state index contributed by atoms with van der Waals surface area (Å²) in [5, 5.41) is 9.42. The molecule has 37 heavy (non-hydrogen) atoms. The number of aliphatic hydroxyl groups excluding tert-OH is 1. The lowest BCUT2D eigenvalue weighted by molar-refractivity contribution is 0.192. The van der Waals surface area contributed by atoms with Crippen LogP contribution >= 0.6 is 10.7 Å². The van der Waals surface area contributed by atoms with Gasteiger partial charge in [-0.05, 0) is 41.8 Å². The zero-order chi connectivity index (χ0) is 26.2. The molecule has 0 amide bonds. The third-order valence-electron chi connectivity index (χ3n) is 5.26. The Labute approximate surface area is 218 Å². The molecule has 0 aliphatic carbocycles. The predicted molar refractivity (Wildman–Crippen MR) is 146 cm³/mol. The fraction of sp³-hybridized carbons (Fsp3) is 0.222. The SMILES string of the molecule is C=S(Nc1nc(-c2ncccn2)nc(OCCO)c1Oc1ccccc1OC)c1ccc(C(C)C)cc1. The van der Waals surface area contributed by atoms with E-state index in [1.165, 1.54) is 5.56 Å². The van der Waals surface area contributed by atoms with Crippen LogP contribution in [0, 0.1) is 0 Å². The fourth-order valence-corrected chi connectivity index (χ4v) is 4.31. The van der Waals surface area contributed by atoms with Gasteiger partial charge < -0.3 is 24.0 Å². The van der Waals surface area contributed by atoms with Gasteiger partial charge in [-0.1, -0.05) is 54.7 Å². The van der Waals surface area contributed by atoms with Crippen LogP contribution in [-0.4, -0.2) is 51.2 Å². The van der Waals surface area contributed by atoms with Gasteiger partial charge in [0.05, 0.1) is 13.7 Å². The number of methoxy groups -OCH3 is 1. The predicted octanol–water partition coefficient (Wildman–Crippen LogP) is 5.32. The van der Waals surface area contributed by atoms with E-state index in [0.717, 1.165) is 4.90 Å². The van der Waals surface area contributed by atoms with Gasteiger partial charge in [-0.25, -0.2) is 15.0 Å². The summed E-state index contributed by atoms with van der Waals surface area (Å²) in [6, 6.07) is 17.2. The number of benzene rings is 2. The van der Waals surface area contributed by atoms with Crippen LogP contribution in [0.25, 0.3) is 11.6 Å². The second-order valence-corrected chi connectivity index (χ2v) is 9.60. The highest BCUT2D eigenvalue weighted by Crippen LogP contribution is 2.42. The molecule has 192 valence electrons. The van der Waals surface area contributed by atoms with E-state index in [9.17, 15) is 5.11 Å². The molecule has 4 aromatic rings. The molecule has 0 bridgehead atoms. The summed E-state index contributed by atoms with van der Waals surface area (Å²) >= 11 is 0. The van der Waals surface area contributed by atoms with E-state index in [0.29, 0.717) is 29.1 Å². The number of ether oxygens (including phenoxy) is 3. The maximum absolute atomic E-state index is 9.42. The molecule has 0 saturated heterocycles. The van der Waals surface area contributed by atoms with Crippen LogP contribution in [0.15, 0.2) is 71.9 Å². The Balaban J connectivity index is 1.80. The minimum absolute atomic E-state index is 0.000574. The summed E-state index contributed by atoms with van der Waals surface area (Å²) in [5.74, 6) is 6.93. The average Bonchev–Trinajstić information content (AvgIpc) is 2.93. The highest BCUT2D eigenvalue weighted by molar-refractivity contribution is 8.15. The van der Waals surface area contributed by atoms with Crippen molar-refractivity contribution in [3.05, 3.63) is 72.6 Å². The summed E-state index contributed by atoms with van der Waals surface area (Å²) in [7, 11) is 0.853. The van der Waals surface area contributed by atoms with Crippen molar-refractivity contribution in [3.8, 4) is 34.8 Å². The van der Waals surface area contributed by atoms with Crippen LogP contribution in [0.3, 0.4) is 0 Å². The minimum atomic E-state index is -0.707. The Morgan fingerprint density at radius 2 is 1.65 bits per heavy atom. The van der Waals surface area contributed by atoms with Gasteiger partial charge in [0.2, 0.25) is 11.6 Å². The monoisotopic (exact) mass is 519 g/mol. The second kappa shape index (κ2) is 12.3. The first-order chi connectivity index (χ1) is 18.0. The molecule has 4 rings (SSSR count). The van der Waals surface area contributed by atoms with E-state index in [-0.39, 0.29) is 30.7 Å². The highest BCUT2D eigenvalue weighted by atomic mass is 32.2. The zero-order valence-electron chi connectivity index (χ0n) is 20.9. The van der Waals surface area contributed by atoms with Gasteiger partial charge in [0.1, 0.15) is 6.61 Å². The molecule has 0 fully saturated rings.